The zero-order valence-corrected chi connectivity index (χ0v) is 8.10. The Morgan fingerprint density at radius 1 is 1.64 bits per heavy atom. The van der Waals surface area contributed by atoms with Crippen LogP contribution in [0.4, 0.5) is 0 Å². The first kappa shape index (κ1) is 9.11. The molecule has 1 amide bonds. The molecule has 76 valence electrons. The van der Waals surface area contributed by atoms with Crippen LogP contribution < -0.4 is 0 Å². The fraction of sp³-hybridized carbons (Fsp3) is 0.750. The first-order valence-electron chi connectivity index (χ1n) is 4.82. The fourth-order valence-electron chi connectivity index (χ4n) is 1.77. The van der Waals surface area contributed by atoms with E-state index >= 15 is 0 Å². The number of aromatic amines is 1. The van der Waals surface area contributed by atoms with Crippen molar-refractivity contribution >= 4 is 5.91 Å². The maximum atomic E-state index is 11.5. The highest BCUT2D eigenvalue weighted by atomic mass is 16.2. The molecule has 0 aromatic carbocycles. The van der Waals surface area contributed by atoms with Gasteiger partial charge in [-0.15, -0.1) is 10.2 Å². The van der Waals surface area contributed by atoms with Crippen molar-refractivity contribution in [1.29, 1.82) is 0 Å². The predicted molar refractivity (Wildman–Crippen MR) is 48.4 cm³/mol. The molecule has 6 heteroatoms. The van der Waals surface area contributed by atoms with Crippen LogP contribution >= 0.6 is 0 Å². The summed E-state index contributed by atoms with van der Waals surface area (Å²) in [5.41, 5.74) is 0. The van der Waals surface area contributed by atoms with Gasteiger partial charge in [0.1, 0.15) is 0 Å². The smallest absolute Gasteiger partial charge is 0.223 e. The first-order valence-corrected chi connectivity index (χ1v) is 4.82. The van der Waals surface area contributed by atoms with Gasteiger partial charge in [0.25, 0.3) is 0 Å². The molecule has 2 heterocycles. The van der Waals surface area contributed by atoms with Crippen LogP contribution in [0.3, 0.4) is 0 Å². The number of hydrogen-bond donors (Lipinski definition) is 1. The summed E-state index contributed by atoms with van der Waals surface area (Å²) < 4.78 is 0. The highest BCUT2D eigenvalue weighted by molar-refractivity contribution is 5.79. The molecule has 1 fully saturated rings. The highest BCUT2D eigenvalue weighted by Gasteiger charge is 2.32. The van der Waals surface area contributed by atoms with Crippen LogP contribution in [0.25, 0.3) is 0 Å². The maximum absolute atomic E-state index is 11.5. The van der Waals surface area contributed by atoms with E-state index in [-0.39, 0.29) is 11.8 Å². The summed E-state index contributed by atoms with van der Waals surface area (Å²) in [6.07, 6.45) is 1.50. The van der Waals surface area contributed by atoms with Crippen molar-refractivity contribution in [1.82, 2.24) is 25.5 Å². The number of likely N-dealkylation sites (tertiary alicyclic amines) is 1. The van der Waals surface area contributed by atoms with Gasteiger partial charge in [-0.3, -0.25) is 4.79 Å². The molecule has 1 atom stereocenters. The Balaban J connectivity index is 2.03. The average Bonchev–Trinajstić information content (AvgIpc) is 2.76. The molecule has 14 heavy (non-hydrogen) atoms. The Kier molecular flexibility index (Phi) is 2.43. The van der Waals surface area contributed by atoms with Crippen LogP contribution in [0.2, 0.25) is 0 Å². The minimum Gasteiger partial charge on any atom is -0.342 e. The van der Waals surface area contributed by atoms with Crippen LogP contribution in [0.5, 0.6) is 0 Å². The summed E-state index contributed by atoms with van der Waals surface area (Å²) in [4.78, 5) is 13.4. The minimum absolute atomic E-state index is 0.118. The van der Waals surface area contributed by atoms with E-state index in [0.29, 0.717) is 12.2 Å². The third-order valence-electron chi connectivity index (χ3n) is 2.43. The number of carbonyl (C=O) groups is 1. The molecule has 1 aromatic rings. The summed E-state index contributed by atoms with van der Waals surface area (Å²) in [6, 6.07) is 0. The molecule has 0 saturated carbocycles. The van der Waals surface area contributed by atoms with Crippen LogP contribution in [-0.2, 0) is 4.79 Å². The lowest BCUT2D eigenvalue weighted by molar-refractivity contribution is -0.127. The number of carbonyl (C=O) groups excluding carboxylic acids is 1. The zero-order chi connectivity index (χ0) is 9.97. The van der Waals surface area contributed by atoms with E-state index in [1.165, 1.54) is 0 Å². The molecular formula is C8H13N5O. The van der Waals surface area contributed by atoms with Gasteiger partial charge >= 0.3 is 0 Å². The summed E-state index contributed by atoms with van der Waals surface area (Å²) in [5, 5.41) is 13.7. The van der Waals surface area contributed by atoms with E-state index in [0.717, 1.165) is 19.5 Å². The van der Waals surface area contributed by atoms with Gasteiger partial charge in [0, 0.05) is 25.4 Å². The average molecular weight is 195 g/mol. The van der Waals surface area contributed by atoms with Crippen molar-refractivity contribution < 1.29 is 4.79 Å². The minimum atomic E-state index is 0.118. The second kappa shape index (κ2) is 3.73. The van der Waals surface area contributed by atoms with Gasteiger partial charge in [-0.05, 0) is 6.42 Å². The number of hydrogen-bond acceptors (Lipinski definition) is 4. The Hall–Kier alpha value is -1.46. The molecule has 1 aromatic heterocycles. The third kappa shape index (κ3) is 1.59. The molecule has 0 spiro atoms. The van der Waals surface area contributed by atoms with E-state index in [1.807, 2.05) is 4.90 Å². The predicted octanol–water partition coefficient (Wildman–Crippen LogP) is -0.0744. The Morgan fingerprint density at radius 2 is 2.50 bits per heavy atom. The SMILES string of the molecule is CCCN1CC(c2nn[nH]n2)CC1=O. The molecule has 0 bridgehead atoms. The van der Waals surface area contributed by atoms with Gasteiger partial charge < -0.3 is 4.90 Å². The van der Waals surface area contributed by atoms with Crippen molar-refractivity contribution in [2.75, 3.05) is 13.1 Å². The van der Waals surface area contributed by atoms with Crippen molar-refractivity contribution in [3.63, 3.8) is 0 Å². The third-order valence-corrected chi connectivity index (χ3v) is 2.43. The molecule has 1 saturated heterocycles. The molecule has 2 rings (SSSR count). The quantitative estimate of drug-likeness (QED) is 0.732. The molecule has 1 unspecified atom stereocenters. The lowest BCUT2D eigenvalue weighted by atomic mass is 10.1. The lowest BCUT2D eigenvalue weighted by Crippen LogP contribution is -2.25. The Labute approximate surface area is 81.7 Å². The van der Waals surface area contributed by atoms with Gasteiger partial charge in [0.2, 0.25) is 5.91 Å². The normalized spacial score (nSPS) is 21.9. The maximum Gasteiger partial charge on any atom is 0.223 e. The Morgan fingerprint density at radius 3 is 3.14 bits per heavy atom. The monoisotopic (exact) mass is 195 g/mol. The van der Waals surface area contributed by atoms with Crippen LogP contribution in [-0.4, -0.2) is 44.5 Å². The summed E-state index contributed by atoms with van der Waals surface area (Å²) in [5.74, 6) is 0.964. The highest BCUT2D eigenvalue weighted by Crippen LogP contribution is 2.24. The van der Waals surface area contributed by atoms with Gasteiger partial charge in [-0.2, -0.15) is 5.21 Å². The van der Waals surface area contributed by atoms with Crippen LogP contribution in [0.1, 0.15) is 31.5 Å². The van der Waals surface area contributed by atoms with Crippen molar-refractivity contribution in [2.45, 2.75) is 25.7 Å². The topological polar surface area (TPSA) is 74.8 Å². The molecule has 6 nitrogen and oxygen atoms in total. The summed E-state index contributed by atoms with van der Waals surface area (Å²) >= 11 is 0. The molecule has 1 N–H and O–H groups in total. The molecule has 0 aliphatic carbocycles. The zero-order valence-electron chi connectivity index (χ0n) is 8.10. The van der Waals surface area contributed by atoms with Crippen LogP contribution in [0.15, 0.2) is 0 Å². The van der Waals surface area contributed by atoms with E-state index < -0.39 is 0 Å². The van der Waals surface area contributed by atoms with Crippen molar-refractivity contribution in [3.05, 3.63) is 5.82 Å². The van der Waals surface area contributed by atoms with Crippen LogP contribution in [0, 0.1) is 0 Å². The number of rotatable bonds is 3. The lowest BCUT2D eigenvalue weighted by Gasteiger charge is -2.13. The fourth-order valence-corrected chi connectivity index (χ4v) is 1.77. The number of amides is 1. The summed E-state index contributed by atoms with van der Waals surface area (Å²) in [6.45, 7) is 3.62. The standard InChI is InChI=1S/C8H13N5O/c1-2-3-13-5-6(4-7(13)14)8-9-11-12-10-8/h6H,2-5H2,1H3,(H,9,10,11,12). The number of nitrogens with zero attached hydrogens (tertiary/aromatic N) is 4. The van der Waals surface area contributed by atoms with Gasteiger partial charge in [0.05, 0.1) is 0 Å². The van der Waals surface area contributed by atoms with Gasteiger partial charge in [0.15, 0.2) is 5.82 Å². The van der Waals surface area contributed by atoms with Gasteiger partial charge in [-0.25, -0.2) is 0 Å². The second-order valence-electron chi connectivity index (χ2n) is 3.51. The first-order chi connectivity index (χ1) is 6.81. The van der Waals surface area contributed by atoms with Gasteiger partial charge in [-0.1, -0.05) is 12.1 Å². The van der Waals surface area contributed by atoms with E-state index in [9.17, 15) is 4.79 Å². The molecular weight excluding hydrogens is 182 g/mol. The number of aromatic nitrogens is 4. The number of tetrazole rings is 1. The van der Waals surface area contributed by atoms with E-state index in [4.69, 9.17) is 0 Å². The molecule has 1 aliphatic rings. The van der Waals surface area contributed by atoms with E-state index in [1.54, 1.807) is 0 Å². The van der Waals surface area contributed by atoms with Crippen molar-refractivity contribution in [3.8, 4) is 0 Å². The molecule has 0 radical (unpaired) electrons. The summed E-state index contributed by atoms with van der Waals surface area (Å²) in [7, 11) is 0. The second-order valence-corrected chi connectivity index (χ2v) is 3.51. The largest absolute Gasteiger partial charge is 0.342 e. The Bertz CT molecular complexity index is 310. The van der Waals surface area contributed by atoms with Crippen molar-refractivity contribution in [2.24, 2.45) is 0 Å². The van der Waals surface area contributed by atoms with E-state index in [2.05, 4.69) is 27.5 Å². The number of H-pyrrole nitrogens is 1. The molecule has 1 aliphatic heterocycles. The number of nitrogens with one attached hydrogen (secondary N) is 1.